The van der Waals surface area contributed by atoms with Crippen LogP contribution in [0.3, 0.4) is 0 Å². The van der Waals surface area contributed by atoms with Crippen molar-refractivity contribution in [3.8, 4) is 6.07 Å². The second-order valence-electron chi connectivity index (χ2n) is 4.24. The molecule has 0 saturated carbocycles. The van der Waals surface area contributed by atoms with E-state index in [1.165, 1.54) is 5.56 Å². The van der Waals surface area contributed by atoms with Gasteiger partial charge in [-0.3, -0.25) is 0 Å². The highest BCUT2D eigenvalue weighted by atomic mass is 15.0. The van der Waals surface area contributed by atoms with Crippen LogP contribution in [0.5, 0.6) is 0 Å². The minimum Gasteiger partial charge on any atom is -0.369 e. The van der Waals surface area contributed by atoms with Gasteiger partial charge in [-0.15, -0.1) is 0 Å². The normalized spacial score (nSPS) is 11.6. The number of nitrogens with zero attached hydrogens (tertiary/aromatic N) is 2. The van der Waals surface area contributed by atoms with E-state index in [-0.39, 0.29) is 0 Å². The summed E-state index contributed by atoms with van der Waals surface area (Å²) in [4.78, 5) is 4.18. The number of aromatic nitrogens is 1. The molecule has 0 amide bonds. The Bertz CT molecular complexity index is 526. The molecular weight excluding hydrogens is 222 g/mol. The van der Waals surface area contributed by atoms with Crippen LogP contribution in [0, 0.1) is 11.3 Å². The minimum absolute atomic E-state index is 0.420. The molecule has 0 spiro atoms. The van der Waals surface area contributed by atoms with Gasteiger partial charge in [-0.05, 0) is 23.6 Å². The number of nitriles is 1. The Morgan fingerprint density at radius 3 is 2.61 bits per heavy atom. The molecule has 1 aromatic carbocycles. The van der Waals surface area contributed by atoms with Crippen molar-refractivity contribution in [1.29, 1.82) is 5.26 Å². The third kappa shape index (κ3) is 3.08. The maximum Gasteiger partial charge on any atom is 0.125 e. The lowest BCUT2D eigenvalue weighted by Crippen LogP contribution is -2.10. The van der Waals surface area contributed by atoms with Gasteiger partial charge in [0.25, 0.3) is 0 Å². The summed E-state index contributed by atoms with van der Waals surface area (Å²) < 4.78 is 0. The van der Waals surface area contributed by atoms with Gasteiger partial charge in [-0.2, -0.15) is 5.26 Å². The molecule has 2 aromatic rings. The van der Waals surface area contributed by atoms with Crippen LogP contribution in [0.4, 0.5) is 5.82 Å². The van der Waals surface area contributed by atoms with Crippen LogP contribution in [-0.2, 0) is 0 Å². The van der Waals surface area contributed by atoms with Gasteiger partial charge < -0.3 is 5.32 Å². The largest absolute Gasteiger partial charge is 0.369 e. The topological polar surface area (TPSA) is 48.7 Å². The van der Waals surface area contributed by atoms with Crippen molar-refractivity contribution < 1.29 is 0 Å². The van der Waals surface area contributed by atoms with Crippen molar-refractivity contribution >= 4 is 5.82 Å². The summed E-state index contributed by atoms with van der Waals surface area (Å²) in [5, 5.41) is 12.0. The van der Waals surface area contributed by atoms with Gasteiger partial charge in [0.1, 0.15) is 11.9 Å². The summed E-state index contributed by atoms with van der Waals surface area (Å²) in [5.74, 6) is 1.22. The molecule has 0 radical (unpaired) electrons. The molecule has 0 fully saturated rings. The number of nitrogens with one attached hydrogen (secondary N) is 1. The molecule has 1 N–H and O–H groups in total. The van der Waals surface area contributed by atoms with Gasteiger partial charge >= 0.3 is 0 Å². The highest BCUT2D eigenvalue weighted by molar-refractivity contribution is 5.39. The average Bonchev–Trinajstić information content (AvgIpc) is 2.46. The number of hydrogen-bond acceptors (Lipinski definition) is 3. The van der Waals surface area contributed by atoms with Crippen molar-refractivity contribution in [3.63, 3.8) is 0 Å². The zero-order valence-electron chi connectivity index (χ0n) is 10.3. The fourth-order valence-electron chi connectivity index (χ4n) is 1.72. The lowest BCUT2D eigenvalue weighted by Gasteiger charge is -2.13. The summed E-state index contributed by atoms with van der Waals surface area (Å²) in [5.41, 5.74) is 1.88. The Labute approximate surface area is 107 Å². The second-order valence-corrected chi connectivity index (χ2v) is 4.24. The van der Waals surface area contributed by atoms with Crippen LogP contribution in [0.1, 0.15) is 24.0 Å². The average molecular weight is 237 g/mol. The first-order valence-electron chi connectivity index (χ1n) is 5.94. The molecule has 3 heteroatoms. The molecule has 90 valence electrons. The van der Waals surface area contributed by atoms with Crippen LogP contribution >= 0.6 is 0 Å². The third-order valence-corrected chi connectivity index (χ3v) is 2.85. The Balaban J connectivity index is 1.93. The molecule has 2 rings (SSSR count). The van der Waals surface area contributed by atoms with Gasteiger partial charge in [0.2, 0.25) is 0 Å². The fourth-order valence-corrected chi connectivity index (χ4v) is 1.72. The van der Waals surface area contributed by atoms with Crippen molar-refractivity contribution in [2.24, 2.45) is 0 Å². The zero-order chi connectivity index (χ0) is 12.8. The molecule has 0 saturated heterocycles. The lowest BCUT2D eigenvalue weighted by molar-refractivity contribution is 0.801. The van der Waals surface area contributed by atoms with Crippen LogP contribution in [0.2, 0.25) is 0 Å². The molecule has 1 atom stereocenters. The van der Waals surface area contributed by atoms with Crippen molar-refractivity contribution in [2.75, 3.05) is 11.9 Å². The smallest absolute Gasteiger partial charge is 0.125 e. The number of anilines is 1. The first-order chi connectivity index (χ1) is 8.79. The zero-order valence-corrected chi connectivity index (χ0v) is 10.3. The van der Waals surface area contributed by atoms with E-state index in [4.69, 9.17) is 5.26 Å². The van der Waals surface area contributed by atoms with Crippen molar-refractivity contribution in [3.05, 3.63) is 59.8 Å². The lowest BCUT2D eigenvalue weighted by atomic mass is 10.0. The minimum atomic E-state index is 0.420. The third-order valence-electron chi connectivity index (χ3n) is 2.85. The van der Waals surface area contributed by atoms with Gasteiger partial charge in [0.05, 0.1) is 5.56 Å². The van der Waals surface area contributed by atoms with E-state index in [0.717, 1.165) is 12.4 Å². The second kappa shape index (κ2) is 5.83. The van der Waals surface area contributed by atoms with Crippen molar-refractivity contribution in [1.82, 2.24) is 4.98 Å². The predicted molar refractivity (Wildman–Crippen MR) is 72.3 cm³/mol. The highest BCUT2D eigenvalue weighted by Crippen LogP contribution is 2.15. The summed E-state index contributed by atoms with van der Waals surface area (Å²) in [6.45, 7) is 2.99. The summed E-state index contributed by atoms with van der Waals surface area (Å²) in [6, 6.07) is 16.0. The molecular formula is C15H15N3. The molecule has 3 nitrogen and oxygen atoms in total. The van der Waals surface area contributed by atoms with Crippen LogP contribution in [-0.4, -0.2) is 11.5 Å². The predicted octanol–water partition coefficient (Wildman–Crippen LogP) is 3.17. The number of hydrogen-bond donors (Lipinski definition) is 1. The van der Waals surface area contributed by atoms with E-state index in [2.05, 4.69) is 35.4 Å². The maximum atomic E-state index is 8.68. The van der Waals surface area contributed by atoms with E-state index >= 15 is 0 Å². The fraction of sp³-hybridized carbons (Fsp3) is 0.200. The summed E-state index contributed by atoms with van der Waals surface area (Å²) >= 11 is 0. The summed E-state index contributed by atoms with van der Waals surface area (Å²) in [7, 11) is 0. The number of benzene rings is 1. The van der Waals surface area contributed by atoms with Gasteiger partial charge in [0.15, 0.2) is 0 Å². The van der Waals surface area contributed by atoms with Gasteiger partial charge in [-0.1, -0.05) is 37.3 Å². The Hall–Kier alpha value is -2.34. The van der Waals surface area contributed by atoms with E-state index in [1.54, 1.807) is 12.3 Å². The molecule has 1 heterocycles. The Kier molecular flexibility index (Phi) is 3.93. The quantitative estimate of drug-likeness (QED) is 0.888. The molecule has 0 aliphatic rings. The summed E-state index contributed by atoms with van der Waals surface area (Å²) in [6.07, 6.45) is 1.58. The van der Waals surface area contributed by atoms with E-state index < -0.39 is 0 Å². The molecule has 0 bridgehead atoms. The standard InChI is InChI=1S/C15H15N3/c1-12(14-5-3-2-4-6-14)10-17-15-8-7-13(9-16)11-18-15/h2-8,11-12H,10H2,1H3,(H,17,18)/t12-/m0/s1. The van der Waals surface area contributed by atoms with E-state index in [1.807, 2.05) is 24.3 Å². The monoisotopic (exact) mass is 237 g/mol. The van der Waals surface area contributed by atoms with Crippen LogP contribution in [0.15, 0.2) is 48.7 Å². The molecule has 0 aliphatic heterocycles. The van der Waals surface area contributed by atoms with Crippen molar-refractivity contribution in [2.45, 2.75) is 12.8 Å². The van der Waals surface area contributed by atoms with Crippen LogP contribution in [0.25, 0.3) is 0 Å². The first-order valence-corrected chi connectivity index (χ1v) is 5.94. The molecule has 0 aliphatic carbocycles. The van der Waals surface area contributed by atoms with E-state index in [0.29, 0.717) is 11.5 Å². The first kappa shape index (κ1) is 12.1. The highest BCUT2D eigenvalue weighted by Gasteiger charge is 2.04. The molecule has 0 unspecified atom stereocenters. The number of rotatable bonds is 4. The maximum absolute atomic E-state index is 8.68. The molecule has 1 aromatic heterocycles. The SMILES string of the molecule is C[C@@H](CNc1ccc(C#N)cn1)c1ccccc1. The van der Waals surface area contributed by atoms with Gasteiger partial charge in [-0.25, -0.2) is 4.98 Å². The Morgan fingerprint density at radius 2 is 2.00 bits per heavy atom. The number of pyridine rings is 1. The van der Waals surface area contributed by atoms with E-state index in [9.17, 15) is 0 Å². The molecule has 18 heavy (non-hydrogen) atoms. The van der Waals surface area contributed by atoms with Crippen LogP contribution < -0.4 is 5.32 Å². The van der Waals surface area contributed by atoms with Gasteiger partial charge in [0, 0.05) is 12.7 Å². The Morgan fingerprint density at radius 1 is 1.22 bits per heavy atom.